The molecule has 0 radical (unpaired) electrons. The summed E-state index contributed by atoms with van der Waals surface area (Å²) in [7, 11) is 0. The van der Waals surface area contributed by atoms with Gasteiger partial charge in [-0.25, -0.2) is 4.68 Å². The van der Waals surface area contributed by atoms with E-state index in [0.29, 0.717) is 24.8 Å². The molecule has 3 aliphatic heterocycles. The van der Waals surface area contributed by atoms with Gasteiger partial charge in [-0.05, 0) is 30.9 Å². The van der Waals surface area contributed by atoms with Crippen molar-refractivity contribution in [3.63, 3.8) is 0 Å². The maximum atomic E-state index is 14.5. The average molecular weight is 528 g/mol. The van der Waals surface area contributed by atoms with Crippen molar-refractivity contribution in [3.05, 3.63) is 36.9 Å². The van der Waals surface area contributed by atoms with E-state index in [9.17, 15) is 24.6 Å². The quantitative estimate of drug-likeness (QED) is 0.449. The van der Waals surface area contributed by atoms with Crippen LogP contribution in [-0.4, -0.2) is 88.0 Å². The Hall–Kier alpha value is -2.92. The molecule has 2 amide bonds. The summed E-state index contributed by atoms with van der Waals surface area (Å²) in [6.07, 6.45) is 3.56. The first-order valence-corrected chi connectivity index (χ1v) is 13.7. The highest BCUT2D eigenvalue weighted by atomic mass is 32.2. The number of carboxylic acid groups (broad SMARTS) is 1. The van der Waals surface area contributed by atoms with E-state index in [1.54, 1.807) is 20.6 Å². The van der Waals surface area contributed by atoms with Crippen LogP contribution in [-0.2, 0) is 21.1 Å². The van der Waals surface area contributed by atoms with E-state index in [-0.39, 0.29) is 42.8 Å². The molecular formula is C26H33N5O5S. The molecule has 1 spiro atoms. The van der Waals surface area contributed by atoms with Crippen LogP contribution in [0.3, 0.4) is 0 Å². The second kappa shape index (κ2) is 9.75. The molecule has 4 heterocycles. The van der Waals surface area contributed by atoms with Gasteiger partial charge in [0.2, 0.25) is 11.8 Å². The molecule has 0 aliphatic carbocycles. The van der Waals surface area contributed by atoms with Gasteiger partial charge in [0.05, 0.1) is 34.7 Å². The van der Waals surface area contributed by atoms with Crippen molar-refractivity contribution in [2.45, 2.75) is 61.9 Å². The van der Waals surface area contributed by atoms with Crippen LogP contribution in [0.15, 0.2) is 36.9 Å². The minimum Gasteiger partial charge on any atom is -0.481 e. The fourth-order valence-electron chi connectivity index (χ4n) is 6.55. The number of benzene rings is 1. The van der Waals surface area contributed by atoms with Crippen molar-refractivity contribution in [2.75, 3.05) is 13.2 Å². The number of amides is 2. The largest absolute Gasteiger partial charge is 0.481 e. The third kappa shape index (κ3) is 3.85. The number of hydrogen-bond donors (Lipinski definition) is 2. The number of carboxylic acids is 1. The number of carbonyl (C=O) groups is 3. The summed E-state index contributed by atoms with van der Waals surface area (Å²) < 4.78 is 0.803. The van der Waals surface area contributed by atoms with Gasteiger partial charge in [-0.1, -0.05) is 43.7 Å². The summed E-state index contributed by atoms with van der Waals surface area (Å²) in [5, 5.41) is 28.7. The highest BCUT2D eigenvalue weighted by molar-refractivity contribution is 8.02. The molecule has 3 saturated heterocycles. The molecular weight excluding hydrogens is 494 g/mol. The first-order chi connectivity index (χ1) is 17.8. The molecule has 1 aromatic heterocycles. The van der Waals surface area contributed by atoms with Crippen LogP contribution in [0.1, 0.15) is 33.1 Å². The molecule has 5 rings (SSSR count). The molecule has 2 bridgehead atoms. The van der Waals surface area contributed by atoms with Crippen molar-refractivity contribution in [3.8, 4) is 0 Å². The van der Waals surface area contributed by atoms with Crippen molar-refractivity contribution < 1.29 is 24.6 Å². The second-order valence-corrected chi connectivity index (χ2v) is 11.9. The van der Waals surface area contributed by atoms with Crippen molar-refractivity contribution in [2.24, 2.45) is 17.8 Å². The number of aliphatic hydroxyl groups is 1. The minimum absolute atomic E-state index is 0.0722. The van der Waals surface area contributed by atoms with Gasteiger partial charge in [-0.3, -0.25) is 14.4 Å². The molecule has 198 valence electrons. The van der Waals surface area contributed by atoms with Gasteiger partial charge in [0, 0.05) is 11.8 Å². The summed E-state index contributed by atoms with van der Waals surface area (Å²) >= 11 is 1.49. The van der Waals surface area contributed by atoms with Crippen molar-refractivity contribution >= 4 is 40.6 Å². The minimum atomic E-state index is -0.994. The SMILES string of the molecule is C=CCN(Cn1nnc2ccccc21)C(=O)C1N([C@@H](CO)[C@@H](C)CC)C(=O)[C@@H]2[C@@H](C(=O)O)[C@H]3CCC12S3. The first kappa shape index (κ1) is 25.7. The molecule has 11 heteroatoms. The third-order valence-corrected chi connectivity index (χ3v) is 10.4. The number of aliphatic hydroxyl groups excluding tert-OH is 1. The zero-order valence-corrected chi connectivity index (χ0v) is 21.9. The molecule has 37 heavy (non-hydrogen) atoms. The van der Waals surface area contributed by atoms with E-state index in [2.05, 4.69) is 16.9 Å². The lowest BCUT2D eigenvalue weighted by Gasteiger charge is -2.41. The van der Waals surface area contributed by atoms with E-state index >= 15 is 0 Å². The molecule has 10 nitrogen and oxygen atoms in total. The van der Waals surface area contributed by atoms with E-state index < -0.39 is 34.6 Å². The third-order valence-electron chi connectivity index (χ3n) is 8.49. The van der Waals surface area contributed by atoms with E-state index in [1.165, 1.54) is 11.8 Å². The van der Waals surface area contributed by atoms with Crippen LogP contribution in [0.5, 0.6) is 0 Å². The lowest BCUT2D eigenvalue weighted by atomic mass is 9.71. The second-order valence-electron chi connectivity index (χ2n) is 10.3. The zero-order valence-electron chi connectivity index (χ0n) is 21.1. The Morgan fingerprint density at radius 2 is 2.14 bits per heavy atom. The van der Waals surface area contributed by atoms with Crippen molar-refractivity contribution in [1.29, 1.82) is 0 Å². The Labute approximate surface area is 219 Å². The number of carbonyl (C=O) groups excluding carboxylic acids is 2. The smallest absolute Gasteiger partial charge is 0.308 e. The number of hydrogen-bond acceptors (Lipinski definition) is 7. The Balaban J connectivity index is 1.57. The van der Waals surface area contributed by atoms with Gasteiger partial charge in [0.15, 0.2) is 0 Å². The van der Waals surface area contributed by atoms with Gasteiger partial charge in [-0.15, -0.1) is 23.4 Å². The summed E-state index contributed by atoms with van der Waals surface area (Å²) in [6, 6.07) is 6.00. The predicted molar refractivity (Wildman–Crippen MR) is 138 cm³/mol. The topological polar surface area (TPSA) is 129 Å². The highest BCUT2D eigenvalue weighted by Gasteiger charge is 2.74. The van der Waals surface area contributed by atoms with Gasteiger partial charge < -0.3 is 20.0 Å². The highest BCUT2D eigenvalue weighted by Crippen LogP contribution is 2.66. The van der Waals surface area contributed by atoms with E-state index in [1.807, 2.05) is 38.1 Å². The van der Waals surface area contributed by atoms with Gasteiger partial charge in [0.25, 0.3) is 0 Å². The zero-order chi connectivity index (χ0) is 26.5. The Bertz CT molecular complexity index is 1230. The van der Waals surface area contributed by atoms with Gasteiger partial charge in [0.1, 0.15) is 18.2 Å². The summed E-state index contributed by atoms with van der Waals surface area (Å²) in [6.45, 7) is 7.78. The fraction of sp³-hybridized carbons (Fsp3) is 0.577. The fourth-order valence-corrected chi connectivity index (χ4v) is 8.75. The van der Waals surface area contributed by atoms with Crippen LogP contribution in [0.25, 0.3) is 11.0 Å². The van der Waals surface area contributed by atoms with Crippen LogP contribution in [0.4, 0.5) is 0 Å². The molecule has 3 aliphatic rings. The summed E-state index contributed by atoms with van der Waals surface area (Å²) in [4.78, 5) is 43.9. The number of thioether (sulfide) groups is 1. The molecule has 2 aromatic rings. The molecule has 0 saturated carbocycles. The first-order valence-electron chi connectivity index (χ1n) is 12.8. The Morgan fingerprint density at radius 1 is 1.38 bits per heavy atom. The maximum Gasteiger partial charge on any atom is 0.308 e. The molecule has 2 N–H and O–H groups in total. The number of nitrogens with zero attached hydrogens (tertiary/aromatic N) is 5. The molecule has 7 atom stereocenters. The number of rotatable bonds is 10. The number of fused-ring (bicyclic) bond motifs is 2. The van der Waals surface area contributed by atoms with Crippen LogP contribution in [0.2, 0.25) is 0 Å². The molecule has 3 fully saturated rings. The Kier molecular flexibility index (Phi) is 6.78. The lowest BCUT2D eigenvalue weighted by Crippen LogP contribution is -2.58. The summed E-state index contributed by atoms with van der Waals surface area (Å²) in [5.41, 5.74) is 1.48. The van der Waals surface area contributed by atoms with Crippen LogP contribution >= 0.6 is 11.8 Å². The number of aliphatic carboxylic acids is 1. The standard InChI is InChI=1S/C26H33N5O5S/c1-4-12-29(14-30-17-9-7-6-8-16(17)27-28-30)24(34)22-26-11-10-19(37-26)20(25(35)36)21(26)23(33)31(22)18(13-32)15(3)5-2/h4,6-9,15,18-22,32H,1,5,10-14H2,2-3H3,(H,35,36)/t15-,18-,19+,20-,21-,22?,26?/m0/s1. The maximum absolute atomic E-state index is 14.5. The van der Waals surface area contributed by atoms with Gasteiger partial charge >= 0.3 is 5.97 Å². The van der Waals surface area contributed by atoms with Crippen LogP contribution in [0, 0.1) is 17.8 Å². The van der Waals surface area contributed by atoms with Gasteiger partial charge in [-0.2, -0.15) is 0 Å². The molecule has 1 aromatic carbocycles. The number of aromatic nitrogens is 3. The predicted octanol–water partition coefficient (Wildman–Crippen LogP) is 1.99. The molecule has 2 unspecified atom stereocenters. The van der Waals surface area contributed by atoms with Crippen molar-refractivity contribution in [1.82, 2.24) is 24.8 Å². The Morgan fingerprint density at radius 3 is 2.81 bits per heavy atom. The average Bonchev–Trinajstić information content (AvgIpc) is 3.64. The van der Waals surface area contributed by atoms with Crippen LogP contribution < -0.4 is 0 Å². The monoisotopic (exact) mass is 527 g/mol. The van der Waals surface area contributed by atoms with E-state index in [0.717, 1.165) is 5.52 Å². The normalized spacial score (nSPS) is 29.9. The lowest BCUT2D eigenvalue weighted by molar-refractivity contribution is -0.150. The number of para-hydroxylation sites is 1. The summed E-state index contributed by atoms with van der Waals surface area (Å²) in [5.74, 6) is -3.31. The van der Waals surface area contributed by atoms with E-state index in [4.69, 9.17) is 0 Å². The number of likely N-dealkylation sites (tertiary alicyclic amines) is 1.